The van der Waals surface area contributed by atoms with Crippen LogP contribution in [0.5, 0.6) is 0 Å². The third kappa shape index (κ3) is 0.721. The second kappa shape index (κ2) is 2.22. The highest BCUT2D eigenvalue weighted by molar-refractivity contribution is 6.03. The van der Waals surface area contributed by atoms with Crippen LogP contribution < -0.4 is 16.2 Å². The molecule has 0 amide bonds. The predicted molar refractivity (Wildman–Crippen MR) is 48.5 cm³/mol. The molecule has 0 spiro atoms. The summed E-state index contributed by atoms with van der Waals surface area (Å²) in [7, 11) is 1.86. The van der Waals surface area contributed by atoms with Gasteiger partial charge in [0.15, 0.2) is 17.8 Å². The Hall–Kier alpha value is -2.12. The van der Waals surface area contributed by atoms with Crippen molar-refractivity contribution in [1.82, 2.24) is 25.7 Å². The van der Waals surface area contributed by atoms with E-state index in [1.807, 2.05) is 18.1 Å². The number of hydrogen-bond acceptors (Lipinski definition) is 7. The Labute approximate surface area is 79.0 Å². The van der Waals surface area contributed by atoms with Crippen LogP contribution in [0.25, 0.3) is 6.08 Å². The molecule has 0 bridgehead atoms. The van der Waals surface area contributed by atoms with E-state index >= 15 is 0 Å². The third-order valence-electron chi connectivity index (χ3n) is 2.33. The van der Waals surface area contributed by atoms with E-state index in [4.69, 9.17) is 5.73 Å². The van der Waals surface area contributed by atoms with Gasteiger partial charge in [-0.3, -0.25) is 10.4 Å². The second-order valence-electron chi connectivity index (χ2n) is 3.13. The number of tetrazole rings is 1. The average molecular weight is 192 g/mol. The van der Waals surface area contributed by atoms with Crippen molar-refractivity contribution >= 4 is 11.9 Å². The summed E-state index contributed by atoms with van der Waals surface area (Å²) in [5, 5.41) is 17.0. The summed E-state index contributed by atoms with van der Waals surface area (Å²) in [5.74, 6) is 1.14. The number of nitrogens with zero attached hydrogens (tertiary/aromatic N) is 6. The lowest BCUT2D eigenvalue weighted by molar-refractivity contribution is 0.458. The number of likely N-dealkylation sites (N-methyl/N-ethyl adjacent to an activating group) is 1. The molecule has 1 atom stereocenters. The SMILES string of the molecule is CN1C2NN=C(N)C2=Cc2nnnn21. The number of hydrogen-bond donors (Lipinski definition) is 2. The van der Waals surface area contributed by atoms with Gasteiger partial charge in [0.1, 0.15) is 0 Å². The molecule has 3 rings (SSSR count). The Morgan fingerprint density at radius 1 is 1.57 bits per heavy atom. The summed E-state index contributed by atoms with van der Waals surface area (Å²) in [5.41, 5.74) is 9.48. The van der Waals surface area contributed by atoms with Gasteiger partial charge in [-0.1, -0.05) is 0 Å². The van der Waals surface area contributed by atoms with Gasteiger partial charge in [-0.2, -0.15) is 5.10 Å². The highest BCUT2D eigenvalue weighted by Crippen LogP contribution is 2.19. The molecule has 3 heterocycles. The first kappa shape index (κ1) is 7.30. The minimum atomic E-state index is -0.0778. The summed E-state index contributed by atoms with van der Waals surface area (Å²) in [6, 6.07) is 0. The lowest BCUT2D eigenvalue weighted by Gasteiger charge is -2.29. The van der Waals surface area contributed by atoms with Crippen LogP contribution in [0.15, 0.2) is 10.7 Å². The first-order valence-electron chi connectivity index (χ1n) is 4.09. The van der Waals surface area contributed by atoms with E-state index in [2.05, 4.69) is 26.1 Å². The standard InChI is InChI=1S/C6H8N8/c1-13-6-3(5(7)9-10-6)2-4-8-11-12-14(4)13/h2,6,10H,1H3,(H2,7,9). The van der Waals surface area contributed by atoms with Gasteiger partial charge in [0.05, 0.1) is 0 Å². The Balaban J connectivity index is 2.17. The molecule has 0 aliphatic carbocycles. The Kier molecular flexibility index (Phi) is 1.16. The fourth-order valence-corrected chi connectivity index (χ4v) is 1.59. The highest BCUT2D eigenvalue weighted by Gasteiger charge is 2.33. The van der Waals surface area contributed by atoms with E-state index in [9.17, 15) is 0 Å². The van der Waals surface area contributed by atoms with Crippen LogP contribution in [-0.2, 0) is 0 Å². The number of hydrazone groups is 1. The maximum atomic E-state index is 5.69. The van der Waals surface area contributed by atoms with Gasteiger partial charge < -0.3 is 5.73 Å². The third-order valence-corrected chi connectivity index (χ3v) is 2.33. The zero-order valence-electron chi connectivity index (χ0n) is 7.42. The minimum Gasteiger partial charge on any atom is -0.382 e. The minimum absolute atomic E-state index is 0.0778. The molecular weight excluding hydrogens is 184 g/mol. The van der Waals surface area contributed by atoms with Crippen molar-refractivity contribution in [3.05, 3.63) is 11.4 Å². The fourth-order valence-electron chi connectivity index (χ4n) is 1.59. The van der Waals surface area contributed by atoms with Crippen LogP contribution in [-0.4, -0.2) is 39.4 Å². The van der Waals surface area contributed by atoms with Crippen LogP contribution in [0.2, 0.25) is 0 Å². The normalized spacial score (nSPS) is 23.5. The Morgan fingerprint density at radius 3 is 3.29 bits per heavy atom. The molecule has 1 unspecified atom stereocenters. The van der Waals surface area contributed by atoms with E-state index in [1.54, 1.807) is 4.79 Å². The summed E-state index contributed by atoms with van der Waals surface area (Å²) in [6.45, 7) is 0. The van der Waals surface area contributed by atoms with Crippen LogP contribution in [0, 0.1) is 0 Å². The number of nitrogens with one attached hydrogen (secondary N) is 1. The molecular formula is C6H8N8. The van der Waals surface area contributed by atoms with Gasteiger partial charge in [0.25, 0.3) is 0 Å². The summed E-state index contributed by atoms with van der Waals surface area (Å²) in [4.78, 5) is 1.59. The molecule has 0 radical (unpaired) electrons. The molecule has 8 heteroatoms. The lowest BCUT2D eigenvalue weighted by Crippen LogP contribution is -2.50. The van der Waals surface area contributed by atoms with Gasteiger partial charge in [-0.25, -0.2) is 0 Å². The summed E-state index contributed by atoms with van der Waals surface area (Å²) in [6.07, 6.45) is 1.75. The quantitative estimate of drug-likeness (QED) is 0.486. The summed E-state index contributed by atoms with van der Waals surface area (Å²) >= 11 is 0. The van der Waals surface area contributed by atoms with Crippen LogP contribution in [0.1, 0.15) is 5.82 Å². The van der Waals surface area contributed by atoms with E-state index in [0.717, 1.165) is 5.57 Å². The average Bonchev–Trinajstić information content (AvgIpc) is 2.75. The molecule has 0 fully saturated rings. The molecule has 1 aromatic rings. The van der Waals surface area contributed by atoms with Gasteiger partial charge >= 0.3 is 0 Å². The molecule has 1 aromatic heterocycles. The number of aromatic nitrogens is 4. The fraction of sp³-hybridized carbons (Fsp3) is 0.333. The van der Waals surface area contributed by atoms with Crippen molar-refractivity contribution < 1.29 is 0 Å². The zero-order valence-corrected chi connectivity index (χ0v) is 7.42. The lowest BCUT2D eigenvalue weighted by atomic mass is 10.1. The van der Waals surface area contributed by atoms with Crippen molar-refractivity contribution in [3.8, 4) is 0 Å². The second-order valence-corrected chi connectivity index (χ2v) is 3.13. The highest BCUT2D eigenvalue weighted by atomic mass is 15.8. The summed E-state index contributed by atoms with van der Waals surface area (Å²) < 4.78 is 0. The van der Waals surface area contributed by atoms with E-state index in [-0.39, 0.29) is 6.17 Å². The van der Waals surface area contributed by atoms with Gasteiger partial charge in [0.2, 0.25) is 0 Å². The maximum absolute atomic E-state index is 5.69. The number of amidine groups is 1. The van der Waals surface area contributed by atoms with Gasteiger partial charge in [-0.15, -0.1) is 9.89 Å². The topological polar surface area (TPSA) is 97.2 Å². The molecule has 72 valence electrons. The maximum Gasteiger partial charge on any atom is 0.198 e. The zero-order chi connectivity index (χ0) is 9.71. The molecule has 8 nitrogen and oxygen atoms in total. The largest absolute Gasteiger partial charge is 0.382 e. The smallest absolute Gasteiger partial charge is 0.198 e. The Morgan fingerprint density at radius 2 is 2.43 bits per heavy atom. The van der Waals surface area contributed by atoms with Gasteiger partial charge in [0, 0.05) is 12.6 Å². The van der Waals surface area contributed by atoms with Crippen LogP contribution in [0.4, 0.5) is 0 Å². The molecule has 0 saturated carbocycles. The number of fused-ring (bicyclic) bond motifs is 2. The first-order chi connectivity index (χ1) is 6.77. The Bertz CT molecular complexity index is 442. The molecule has 3 N–H and O–H groups in total. The van der Waals surface area contributed by atoms with Crippen molar-refractivity contribution in [2.45, 2.75) is 6.17 Å². The number of rotatable bonds is 0. The molecule has 0 aromatic carbocycles. The van der Waals surface area contributed by atoms with Crippen molar-refractivity contribution in [1.29, 1.82) is 0 Å². The van der Waals surface area contributed by atoms with E-state index in [0.29, 0.717) is 11.7 Å². The monoisotopic (exact) mass is 192 g/mol. The molecule has 0 saturated heterocycles. The van der Waals surface area contributed by atoms with Crippen LogP contribution >= 0.6 is 0 Å². The molecule has 14 heavy (non-hydrogen) atoms. The first-order valence-corrected chi connectivity index (χ1v) is 4.09. The van der Waals surface area contributed by atoms with Crippen molar-refractivity contribution in [3.63, 3.8) is 0 Å². The molecule has 2 aliphatic rings. The van der Waals surface area contributed by atoms with Crippen molar-refractivity contribution in [2.24, 2.45) is 10.8 Å². The van der Waals surface area contributed by atoms with E-state index in [1.165, 1.54) is 0 Å². The number of nitrogens with two attached hydrogens (primary N) is 1. The molecule has 2 aliphatic heterocycles. The van der Waals surface area contributed by atoms with E-state index < -0.39 is 0 Å². The van der Waals surface area contributed by atoms with Crippen LogP contribution in [0.3, 0.4) is 0 Å². The van der Waals surface area contributed by atoms with Gasteiger partial charge in [-0.05, 0) is 16.5 Å². The van der Waals surface area contributed by atoms with Crippen molar-refractivity contribution in [2.75, 3.05) is 12.1 Å². The predicted octanol–water partition coefficient (Wildman–Crippen LogP) is -2.16.